The Bertz CT molecular complexity index is 910. The normalized spacial score (nSPS) is 10.3. The van der Waals surface area contributed by atoms with Crippen molar-refractivity contribution in [3.05, 3.63) is 72.1 Å². The lowest BCUT2D eigenvalue weighted by Crippen LogP contribution is -2.08. The molecule has 0 bridgehead atoms. The Morgan fingerprint density at radius 3 is 2.52 bits per heavy atom. The van der Waals surface area contributed by atoms with Crippen LogP contribution in [0.5, 0.6) is 5.75 Å². The average molecular weight is 362 g/mol. The molecule has 0 aliphatic rings. The molecule has 6 nitrogen and oxygen atoms in total. The van der Waals surface area contributed by atoms with E-state index in [9.17, 15) is 4.79 Å². The summed E-state index contributed by atoms with van der Waals surface area (Å²) in [5.41, 5.74) is 2.69. The van der Waals surface area contributed by atoms with Crippen molar-refractivity contribution in [3.63, 3.8) is 0 Å². The van der Waals surface area contributed by atoms with Gasteiger partial charge in [0.2, 0.25) is 0 Å². The first-order valence-electron chi connectivity index (χ1n) is 8.71. The minimum absolute atomic E-state index is 0.0464. The average Bonchev–Trinajstić information content (AvgIpc) is 2.69. The molecule has 138 valence electrons. The highest BCUT2D eigenvalue weighted by Crippen LogP contribution is 2.19. The number of Topliss-reactive ketones (excluding diaryl/α,β-unsaturated/α-hetero) is 1. The molecular formula is C21H22N4O2. The van der Waals surface area contributed by atoms with Gasteiger partial charge in [0.1, 0.15) is 23.7 Å². The summed E-state index contributed by atoms with van der Waals surface area (Å²) < 4.78 is 5.37. The Balaban J connectivity index is 1.59. The van der Waals surface area contributed by atoms with Gasteiger partial charge < -0.3 is 15.4 Å². The molecule has 1 heterocycles. The molecule has 0 saturated heterocycles. The van der Waals surface area contributed by atoms with Crippen LogP contribution in [0.3, 0.4) is 0 Å². The monoisotopic (exact) mass is 362 g/mol. The molecule has 0 radical (unpaired) electrons. The topological polar surface area (TPSA) is 76.1 Å². The maximum Gasteiger partial charge on any atom is 0.159 e. The Morgan fingerprint density at radius 1 is 1.04 bits per heavy atom. The number of rotatable bonds is 8. The van der Waals surface area contributed by atoms with Gasteiger partial charge in [0, 0.05) is 23.9 Å². The van der Waals surface area contributed by atoms with E-state index in [0.717, 1.165) is 35.8 Å². The zero-order chi connectivity index (χ0) is 19.1. The van der Waals surface area contributed by atoms with Crippen molar-refractivity contribution in [1.82, 2.24) is 9.97 Å². The van der Waals surface area contributed by atoms with E-state index in [1.807, 2.05) is 36.4 Å². The van der Waals surface area contributed by atoms with Crippen LogP contribution < -0.4 is 15.4 Å². The second-order valence-electron chi connectivity index (χ2n) is 6.04. The van der Waals surface area contributed by atoms with Crippen molar-refractivity contribution in [1.29, 1.82) is 0 Å². The van der Waals surface area contributed by atoms with Crippen molar-refractivity contribution in [2.24, 2.45) is 0 Å². The Kier molecular flexibility index (Phi) is 5.99. The third-order valence-corrected chi connectivity index (χ3v) is 4.12. The van der Waals surface area contributed by atoms with E-state index in [2.05, 4.69) is 26.7 Å². The number of hydrogen-bond acceptors (Lipinski definition) is 6. The number of ether oxygens (including phenoxy) is 1. The summed E-state index contributed by atoms with van der Waals surface area (Å²) in [6, 6.07) is 17.1. The predicted molar refractivity (Wildman–Crippen MR) is 107 cm³/mol. The zero-order valence-corrected chi connectivity index (χ0v) is 15.4. The number of benzene rings is 2. The maximum absolute atomic E-state index is 11.3. The van der Waals surface area contributed by atoms with Gasteiger partial charge in [-0.3, -0.25) is 4.79 Å². The van der Waals surface area contributed by atoms with Gasteiger partial charge in [-0.05, 0) is 49.2 Å². The third-order valence-electron chi connectivity index (χ3n) is 4.12. The fraction of sp³-hybridized carbons (Fsp3) is 0.190. The lowest BCUT2D eigenvalue weighted by molar-refractivity contribution is 0.101. The van der Waals surface area contributed by atoms with Crippen LogP contribution in [0.1, 0.15) is 22.8 Å². The summed E-state index contributed by atoms with van der Waals surface area (Å²) in [6.07, 6.45) is 2.33. The summed E-state index contributed by atoms with van der Waals surface area (Å²) in [6.45, 7) is 2.28. The van der Waals surface area contributed by atoms with Crippen LogP contribution in [-0.4, -0.2) is 29.4 Å². The molecular weight excluding hydrogens is 340 g/mol. The summed E-state index contributed by atoms with van der Waals surface area (Å²) in [4.78, 5) is 19.8. The number of methoxy groups -OCH3 is 1. The minimum atomic E-state index is 0.0464. The largest absolute Gasteiger partial charge is 0.496 e. The summed E-state index contributed by atoms with van der Waals surface area (Å²) >= 11 is 0. The number of para-hydroxylation sites is 1. The van der Waals surface area contributed by atoms with E-state index < -0.39 is 0 Å². The molecule has 0 unspecified atom stereocenters. The van der Waals surface area contributed by atoms with Crippen molar-refractivity contribution in [2.45, 2.75) is 13.3 Å². The van der Waals surface area contributed by atoms with Gasteiger partial charge in [0.25, 0.3) is 0 Å². The SMILES string of the molecule is COc1ccccc1CCNc1cc(Nc2ccc(C(C)=O)cc2)ncn1. The highest BCUT2D eigenvalue weighted by molar-refractivity contribution is 5.94. The quantitative estimate of drug-likeness (QED) is 0.588. The van der Waals surface area contributed by atoms with Crippen LogP contribution in [0.15, 0.2) is 60.9 Å². The highest BCUT2D eigenvalue weighted by Gasteiger charge is 2.04. The molecule has 3 rings (SSSR count). The number of aromatic nitrogens is 2. The van der Waals surface area contributed by atoms with Gasteiger partial charge in [0.05, 0.1) is 7.11 Å². The van der Waals surface area contributed by atoms with Crippen molar-refractivity contribution < 1.29 is 9.53 Å². The smallest absolute Gasteiger partial charge is 0.159 e. The second-order valence-corrected chi connectivity index (χ2v) is 6.04. The summed E-state index contributed by atoms with van der Waals surface area (Å²) in [5, 5.41) is 6.52. The van der Waals surface area contributed by atoms with Gasteiger partial charge in [0.15, 0.2) is 5.78 Å². The Morgan fingerprint density at radius 2 is 1.78 bits per heavy atom. The summed E-state index contributed by atoms with van der Waals surface area (Å²) in [5.74, 6) is 2.35. The predicted octanol–water partition coefficient (Wildman–Crippen LogP) is 4.09. The standard InChI is InChI=1S/C21H22N4O2/c1-15(26)16-7-9-18(10-8-16)25-21-13-20(23-14-24-21)22-12-11-17-5-3-4-6-19(17)27-2/h3-10,13-14H,11-12H2,1-2H3,(H2,22,23,24,25). The maximum atomic E-state index is 11.3. The van der Waals surface area contributed by atoms with Gasteiger partial charge in [-0.25, -0.2) is 9.97 Å². The van der Waals surface area contributed by atoms with Gasteiger partial charge in [-0.15, -0.1) is 0 Å². The fourth-order valence-electron chi connectivity index (χ4n) is 2.69. The van der Waals surface area contributed by atoms with Crippen molar-refractivity contribution >= 4 is 23.1 Å². The Labute approximate surface area is 158 Å². The molecule has 27 heavy (non-hydrogen) atoms. The molecule has 0 amide bonds. The molecule has 0 aliphatic carbocycles. The first-order valence-corrected chi connectivity index (χ1v) is 8.71. The molecule has 0 spiro atoms. The van der Waals surface area contributed by atoms with Gasteiger partial charge in [-0.2, -0.15) is 0 Å². The first-order chi connectivity index (χ1) is 13.2. The van der Waals surface area contributed by atoms with Crippen LogP contribution in [0, 0.1) is 0 Å². The minimum Gasteiger partial charge on any atom is -0.496 e. The van der Waals surface area contributed by atoms with Crippen LogP contribution >= 0.6 is 0 Å². The molecule has 0 saturated carbocycles. The van der Waals surface area contributed by atoms with Crippen LogP contribution in [0.25, 0.3) is 0 Å². The Hall–Kier alpha value is -3.41. The van der Waals surface area contributed by atoms with E-state index in [-0.39, 0.29) is 5.78 Å². The van der Waals surface area contributed by atoms with Crippen molar-refractivity contribution in [2.75, 3.05) is 24.3 Å². The van der Waals surface area contributed by atoms with Crippen LogP contribution in [-0.2, 0) is 6.42 Å². The van der Waals surface area contributed by atoms with E-state index in [0.29, 0.717) is 11.4 Å². The molecule has 3 aromatic rings. The number of ketones is 1. The molecule has 6 heteroatoms. The van der Waals surface area contributed by atoms with E-state index in [4.69, 9.17) is 4.74 Å². The van der Waals surface area contributed by atoms with Gasteiger partial charge >= 0.3 is 0 Å². The van der Waals surface area contributed by atoms with Gasteiger partial charge in [-0.1, -0.05) is 18.2 Å². The van der Waals surface area contributed by atoms with Crippen LogP contribution in [0.2, 0.25) is 0 Å². The molecule has 0 aliphatic heterocycles. The number of anilines is 3. The van der Waals surface area contributed by atoms with E-state index >= 15 is 0 Å². The van der Waals surface area contributed by atoms with Crippen LogP contribution in [0.4, 0.5) is 17.3 Å². The third kappa shape index (κ3) is 5.04. The molecule has 2 N–H and O–H groups in total. The molecule has 0 fully saturated rings. The molecule has 0 atom stereocenters. The lowest BCUT2D eigenvalue weighted by atomic mass is 10.1. The fourth-order valence-corrected chi connectivity index (χ4v) is 2.69. The zero-order valence-electron chi connectivity index (χ0n) is 15.4. The van der Waals surface area contributed by atoms with Crippen molar-refractivity contribution in [3.8, 4) is 5.75 Å². The highest BCUT2D eigenvalue weighted by atomic mass is 16.5. The first kappa shape index (κ1) is 18.4. The second kappa shape index (κ2) is 8.80. The molecule has 1 aromatic heterocycles. The van der Waals surface area contributed by atoms with E-state index in [1.165, 1.54) is 6.33 Å². The number of nitrogens with zero attached hydrogens (tertiary/aromatic N) is 2. The summed E-state index contributed by atoms with van der Waals surface area (Å²) in [7, 11) is 1.68. The number of carbonyl (C=O) groups is 1. The number of hydrogen-bond donors (Lipinski definition) is 2. The van der Waals surface area contributed by atoms with E-state index in [1.54, 1.807) is 26.2 Å². The lowest BCUT2D eigenvalue weighted by Gasteiger charge is -2.10. The number of carbonyl (C=O) groups excluding carboxylic acids is 1. The molecule has 2 aromatic carbocycles. The number of nitrogens with one attached hydrogen (secondary N) is 2.